The molecule has 3 heterocycles. The van der Waals surface area contributed by atoms with Gasteiger partial charge in [0, 0.05) is 42.3 Å². The highest BCUT2D eigenvalue weighted by atomic mass is 16.3. The number of oxazole rings is 1. The van der Waals surface area contributed by atoms with E-state index < -0.39 is 0 Å². The van der Waals surface area contributed by atoms with E-state index in [0.717, 1.165) is 16.9 Å². The minimum absolute atomic E-state index is 0.000310. The van der Waals surface area contributed by atoms with Gasteiger partial charge >= 0.3 is 0 Å². The molecule has 1 saturated heterocycles. The molecule has 5 rings (SSSR count). The summed E-state index contributed by atoms with van der Waals surface area (Å²) in [6, 6.07) is 17.6. The van der Waals surface area contributed by atoms with Crippen LogP contribution in [0.15, 0.2) is 71.7 Å². The molecule has 3 atom stereocenters. The Hall–Kier alpha value is -2.96. The first kappa shape index (κ1) is 17.2. The van der Waals surface area contributed by atoms with E-state index in [1.165, 1.54) is 6.39 Å². The van der Waals surface area contributed by atoms with Gasteiger partial charge in [-0.05, 0) is 23.8 Å². The van der Waals surface area contributed by atoms with Crippen LogP contribution in [0.4, 0.5) is 5.69 Å². The number of fused-ring (bicyclic) bond motifs is 3. The average Bonchev–Trinajstić information content (AvgIpc) is 3.25. The third-order valence-electron chi connectivity index (χ3n) is 5.92. The maximum atomic E-state index is 13.2. The third kappa shape index (κ3) is 2.65. The number of aromatic nitrogens is 1. The number of nitrogens with zero attached hydrogens (tertiary/aromatic N) is 3. The summed E-state index contributed by atoms with van der Waals surface area (Å²) in [5, 5.41) is 10.0. The van der Waals surface area contributed by atoms with E-state index in [2.05, 4.69) is 16.0 Å². The summed E-state index contributed by atoms with van der Waals surface area (Å²) in [7, 11) is 0. The second-order valence-corrected chi connectivity index (χ2v) is 7.34. The number of carbonyl (C=O) groups is 1. The molecule has 0 bridgehead atoms. The van der Waals surface area contributed by atoms with Gasteiger partial charge in [-0.3, -0.25) is 9.69 Å². The van der Waals surface area contributed by atoms with Crippen LogP contribution in [0.5, 0.6) is 0 Å². The number of amides is 1. The van der Waals surface area contributed by atoms with Crippen molar-refractivity contribution in [1.29, 1.82) is 0 Å². The van der Waals surface area contributed by atoms with Gasteiger partial charge in [0.1, 0.15) is 6.26 Å². The van der Waals surface area contributed by atoms with Crippen molar-refractivity contribution in [2.45, 2.75) is 24.5 Å². The molecule has 1 amide bonds. The number of para-hydroxylation sites is 1. The Balaban J connectivity index is 1.51. The topological polar surface area (TPSA) is 69.8 Å². The first-order valence-corrected chi connectivity index (χ1v) is 9.47. The number of aliphatic hydroxyl groups excluding tert-OH is 1. The van der Waals surface area contributed by atoms with Crippen molar-refractivity contribution in [1.82, 2.24) is 9.88 Å². The van der Waals surface area contributed by atoms with Gasteiger partial charge in [-0.2, -0.15) is 0 Å². The van der Waals surface area contributed by atoms with Crippen LogP contribution in [0.3, 0.4) is 0 Å². The van der Waals surface area contributed by atoms with E-state index in [-0.39, 0.29) is 30.5 Å². The highest BCUT2D eigenvalue weighted by Gasteiger charge is 2.53. The Labute approximate surface area is 163 Å². The van der Waals surface area contributed by atoms with Gasteiger partial charge in [0.15, 0.2) is 6.39 Å². The minimum Gasteiger partial charge on any atom is -0.451 e. The Bertz CT molecular complexity index is 974. The Morgan fingerprint density at radius 2 is 1.93 bits per heavy atom. The van der Waals surface area contributed by atoms with Crippen molar-refractivity contribution in [3.05, 3.63) is 84.1 Å². The molecule has 1 N–H and O–H groups in total. The number of aliphatic hydroxyl groups is 1. The maximum Gasteiger partial charge on any atom is 0.258 e. The molecular formula is C22H21N3O3. The molecule has 2 aliphatic rings. The van der Waals surface area contributed by atoms with Crippen molar-refractivity contribution in [2.24, 2.45) is 0 Å². The molecule has 2 aliphatic heterocycles. The van der Waals surface area contributed by atoms with Crippen LogP contribution in [0.2, 0.25) is 0 Å². The summed E-state index contributed by atoms with van der Waals surface area (Å²) in [6.45, 7) is 1.25. The predicted molar refractivity (Wildman–Crippen MR) is 104 cm³/mol. The first-order chi connectivity index (χ1) is 13.8. The number of anilines is 1. The quantitative estimate of drug-likeness (QED) is 0.759. The summed E-state index contributed by atoms with van der Waals surface area (Å²) in [5.41, 5.74) is 3.57. The van der Waals surface area contributed by atoms with Gasteiger partial charge < -0.3 is 14.4 Å². The van der Waals surface area contributed by atoms with Gasteiger partial charge in [-0.1, -0.05) is 36.4 Å². The zero-order valence-electron chi connectivity index (χ0n) is 15.3. The second kappa shape index (κ2) is 6.89. The second-order valence-electron chi connectivity index (χ2n) is 7.34. The predicted octanol–water partition coefficient (Wildman–Crippen LogP) is 2.66. The van der Waals surface area contributed by atoms with Crippen molar-refractivity contribution < 1.29 is 14.3 Å². The van der Waals surface area contributed by atoms with Gasteiger partial charge in [0.05, 0.1) is 12.3 Å². The van der Waals surface area contributed by atoms with Crippen LogP contribution in [-0.2, 0) is 6.54 Å². The summed E-state index contributed by atoms with van der Waals surface area (Å²) >= 11 is 0. The number of likely N-dealkylation sites (tertiary alicyclic amines) is 1. The maximum absolute atomic E-state index is 13.2. The molecule has 2 aromatic carbocycles. The standard InChI is InChI=1S/C22H21N3O3/c26-12-20-21-17-8-4-5-9-18(17)25(22(27)15-6-2-1-3-7-15)11-19(21)24(20)10-16-13-28-14-23-16/h1-9,13-14,19-21,26H,10-12H2/t19-,20+,21+/m1/s1. The summed E-state index contributed by atoms with van der Waals surface area (Å²) in [6.07, 6.45) is 3.05. The number of hydrogen-bond donors (Lipinski definition) is 1. The normalized spacial score (nSPS) is 23.6. The Kier molecular flexibility index (Phi) is 4.22. The lowest BCUT2D eigenvalue weighted by Gasteiger charge is -2.59. The number of carbonyl (C=O) groups excluding carboxylic acids is 1. The molecule has 142 valence electrons. The molecule has 6 heteroatoms. The van der Waals surface area contributed by atoms with Gasteiger partial charge in [0.25, 0.3) is 5.91 Å². The third-order valence-corrected chi connectivity index (χ3v) is 5.92. The fraction of sp³-hybridized carbons (Fsp3) is 0.273. The lowest BCUT2D eigenvalue weighted by molar-refractivity contribution is -0.0496. The van der Waals surface area contributed by atoms with E-state index in [0.29, 0.717) is 18.7 Å². The number of benzene rings is 2. The van der Waals surface area contributed by atoms with Crippen LogP contribution in [0, 0.1) is 0 Å². The van der Waals surface area contributed by atoms with E-state index in [4.69, 9.17) is 4.42 Å². The fourth-order valence-electron chi connectivity index (χ4n) is 4.63. The number of hydrogen-bond acceptors (Lipinski definition) is 5. The fourth-order valence-corrected chi connectivity index (χ4v) is 4.63. The van der Waals surface area contributed by atoms with Gasteiger partial charge in [-0.15, -0.1) is 0 Å². The summed E-state index contributed by atoms with van der Waals surface area (Å²) in [5.74, 6) is 0.202. The lowest BCUT2D eigenvalue weighted by atomic mass is 9.72. The first-order valence-electron chi connectivity index (χ1n) is 9.47. The zero-order valence-corrected chi connectivity index (χ0v) is 15.3. The van der Waals surface area contributed by atoms with Crippen LogP contribution >= 0.6 is 0 Å². The van der Waals surface area contributed by atoms with E-state index in [9.17, 15) is 9.90 Å². The summed E-state index contributed by atoms with van der Waals surface area (Å²) < 4.78 is 5.10. The molecule has 0 unspecified atom stereocenters. The van der Waals surface area contributed by atoms with E-state index >= 15 is 0 Å². The smallest absolute Gasteiger partial charge is 0.258 e. The molecule has 3 aromatic rings. The molecule has 0 radical (unpaired) electrons. The Morgan fingerprint density at radius 1 is 1.14 bits per heavy atom. The van der Waals surface area contributed by atoms with E-state index in [1.54, 1.807) is 6.26 Å². The van der Waals surface area contributed by atoms with Crippen LogP contribution in [0.1, 0.15) is 27.5 Å². The molecule has 1 aromatic heterocycles. The van der Waals surface area contributed by atoms with Gasteiger partial charge in [-0.25, -0.2) is 4.98 Å². The van der Waals surface area contributed by atoms with Crippen LogP contribution in [-0.4, -0.2) is 46.1 Å². The summed E-state index contributed by atoms with van der Waals surface area (Å²) in [4.78, 5) is 21.6. The molecule has 1 fully saturated rings. The van der Waals surface area contributed by atoms with Crippen molar-refractivity contribution in [2.75, 3.05) is 18.1 Å². The molecular weight excluding hydrogens is 354 g/mol. The molecule has 28 heavy (non-hydrogen) atoms. The highest BCUT2D eigenvalue weighted by Crippen LogP contribution is 2.48. The van der Waals surface area contributed by atoms with Crippen molar-refractivity contribution in [3.8, 4) is 0 Å². The van der Waals surface area contributed by atoms with Gasteiger partial charge in [0.2, 0.25) is 0 Å². The Morgan fingerprint density at radius 3 is 2.68 bits per heavy atom. The van der Waals surface area contributed by atoms with E-state index in [1.807, 2.05) is 53.4 Å². The van der Waals surface area contributed by atoms with Crippen LogP contribution in [0.25, 0.3) is 0 Å². The van der Waals surface area contributed by atoms with Crippen molar-refractivity contribution >= 4 is 11.6 Å². The monoisotopic (exact) mass is 375 g/mol. The zero-order chi connectivity index (χ0) is 19.1. The van der Waals surface area contributed by atoms with Crippen molar-refractivity contribution in [3.63, 3.8) is 0 Å². The SMILES string of the molecule is O=C(c1ccccc1)N1C[C@@H]2[C@H](c3ccccc31)[C@H](CO)N2Cc1cocn1. The molecule has 0 aliphatic carbocycles. The number of rotatable bonds is 4. The highest BCUT2D eigenvalue weighted by molar-refractivity contribution is 6.07. The minimum atomic E-state index is 0.000310. The molecule has 0 saturated carbocycles. The average molecular weight is 375 g/mol. The molecule has 6 nitrogen and oxygen atoms in total. The van der Waals surface area contributed by atoms with Crippen LogP contribution < -0.4 is 4.90 Å². The largest absolute Gasteiger partial charge is 0.451 e. The molecule has 0 spiro atoms. The lowest BCUT2D eigenvalue weighted by Crippen LogP contribution is -2.68.